The molecule has 138 valence electrons. The Morgan fingerprint density at radius 3 is 2.63 bits per heavy atom. The molecule has 27 heavy (non-hydrogen) atoms. The van der Waals surface area contributed by atoms with Crippen LogP contribution in [0.25, 0.3) is 0 Å². The largest absolute Gasteiger partial charge is 0.394 e. The van der Waals surface area contributed by atoms with Crippen LogP contribution in [0.1, 0.15) is 41.9 Å². The molecule has 1 saturated carbocycles. The SMILES string of the molecule is C=C(/C(=C\NC)CCC(=O)Cc1ccccc1)C12Cc3ccccc3C1C2. The van der Waals surface area contributed by atoms with Gasteiger partial charge >= 0.3 is 0 Å². The summed E-state index contributed by atoms with van der Waals surface area (Å²) in [5, 5.41) is 3.17. The predicted octanol–water partition coefficient (Wildman–Crippen LogP) is 4.97. The number of carbonyl (C=O) groups excluding carboxylic acids is 1. The Kier molecular flexibility index (Phi) is 4.73. The Morgan fingerprint density at radius 2 is 1.89 bits per heavy atom. The lowest BCUT2D eigenvalue weighted by atomic mass is 9.85. The molecule has 2 heteroatoms. The Labute approximate surface area is 162 Å². The van der Waals surface area contributed by atoms with Crippen molar-refractivity contribution in [2.75, 3.05) is 7.05 Å². The van der Waals surface area contributed by atoms with Crippen LogP contribution >= 0.6 is 0 Å². The van der Waals surface area contributed by atoms with Crippen LogP contribution < -0.4 is 5.32 Å². The molecular formula is C25H27NO. The zero-order valence-corrected chi connectivity index (χ0v) is 16.0. The molecule has 2 unspecified atom stereocenters. The highest BCUT2D eigenvalue weighted by molar-refractivity contribution is 5.81. The summed E-state index contributed by atoms with van der Waals surface area (Å²) < 4.78 is 0. The van der Waals surface area contributed by atoms with Gasteiger partial charge in [0.15, 0.2) is 0 Å². The minimum Gasteiger partial charge on any atom is -0.394 e. The molecule has 0 radical (unpaired) electrons. The first-order valence-corrected chi connectivity index (χ1v) is 9.83. The van der Waals surface area contributed by atoms with Crippen LogP contribution in [-0.2, 0) is 17.6 Å². The van der Waals surface area contributed by atoms with E-state index < -0.39 is 0 Å². The molecule has 0 heterocycles. The third kappa shape index (κ3) is 3.37. The van der Waals surface area contributed by atoms with E-state index in [0.717, 1.165) is 18.4 Å². The maximum atomic E-state index is 12.5. The van der Waals surface area contributed by atoms with Gasteiger partial charge in [0.05, 0.1) is 0 Å². The Balaban J connectivity index is 1.41. The number of benzene rings is 2. The van der Waals surface area contributed by atoms with Crippen molar-refractivity contribution in [1.29, 1.82) is 0 Å². The molecule has 1 fully saturated rings. The summed E-state index contributed by atoms with van der Waals surface area (Å²) in [5.74, 6) is 0.900. The van der Waals surface area contributed by atoms with E-state index in [1.165, 1.54) is 28.7 Å². The highest BCUT2D eigenvalue weighted by Crippen LogP contribution is 2.71. The fourth-order valence-electron chi connectivity index (χ4n) is 4.71. The minimum absolute atomic E-state index is 0.189. The minimum atomic E-state index is 0.189. The highest BCUT2D eigenvalue weighted by Gasteiger charge is 2.61. The lowest BCUT2D eigenvalue weighted by Gasteiger charge is -2.19. The van der Waals surface area contributed by atoms with Crippen molar-refractivity contribution in [1.82, 2.24) is 5.32 Å². The number of Topliss-reactive ketones (excluding diaryl/α,β-unsaturated/α-hetero) is 1. The average molecular weight is 357 g/mol. The first-order chi connectivity index (χ1) is 13.1. The van der Waals surface area contributed by atoms with E-state index >= 15 is 0 Å². The van der Waals surface area contributed by atoms with Gasteiger partial charge in [-0.2, -0.15) is 0 Å². The Morgan fingerprint density at radius 1 is 1.15 bits per heavy atom. The maximum absolute atomic E-state index is 12.5. The summed E-state index contributed by atoms with van der Waals surface area (Å²) in [4.78, 5) is 12.5. The van der Waals surface area contributed by atoms with Crippen LogP contribution in [0.5, 0.6) is 0 Å². The summed E-state index contributed by atoms with van der Waals surface area (Å²) in [5.41, 5.74) is 6.68. The molecule has 2 atom stereocenters. The van der Waals surface area contributed by atoms with Gasteiger partial charge in [-0.05, 0) is 59.2 Å². The van der Waals surface area contributed by atoms with E-state index in [2.05, 4.69) is 36.2 Å². The zero-order valence-electron chi connectivity index (χ0n) is 16.0. The standard InChI is InChI=1S/C25H27NO/c1-18(25-15-20-10-6-7-11-23(20)24(25)16-25)21(17-26-2)12-13-22(27)14-19-8-4-3-5-9-19/h3-11,17,24,26H,1,12-16H2,2H3/b21-17-. The molecule has 0 saturated heterocycles. The number of allylic oxidation sites excluding steroid dienone is 2. The first-order valence-electron chi connectivity index (χ1n) is 9.83. The van der Waals surface area contributed by atoms with Gasteiger partial charge in [-0.3, -0.25) is 4.79 Å². The fraction of sp³-hybridized carbons (Fsp3) is 0.320. The normalized spacial score (nSPS) is 22.7. The smallest absolute Gasteiger partial charge is 0.137 e. The number of fused-ring (bicyclic) bond motifs is 3. The number of hydrogen-bond acceptors (Lipinski definition) is 2. The molecule has 2 nitrogen and oxygen atoms in total. The topological polar surface area (TPSA) is 29.1 Å². The van der Waals surface area contributed by atoms with E-state index in [-0.39, 0.29) is 11.2 Å². The molecule has 2 aliphatic carbocycles. The lowest BCUT2D eigenvalue weighted by molar-refractivity contribution is -0.118. The summed E-state index contributed by atoms with van der Waals surface area (Å²) in [7, 11) is 1.92. The van der Waals surface area contributed by atoms with Crippen LogP contribution in [0.15, 0.2) is 78.5 Å². The van der Waals surface area contributed by atoms with E-state index in [0.29, 0.717) is 18.8 Å². The average Bonchev–Trinajstić information content (AvgIpc) is 3.32. The molecule has 1 N–H and O–H groups in total. The number of ketones is 1. The van der Waals surface area contributed by atoms with Gasteiger partial charge in [0.1, 0.15) is 5.78 Å². The van der Waals surface area contributed by atoms with Gasteiger partial charge in [-0.25, -0.2) is 0 Å². The second kappa shape index (κ2) is 7.19. The van der Waals surface area contributed by atoms with E-state index in [1.807, 2.05) is 43.6 Å². The molecule has 0 aliphatic heterocycles. The quantitative estimate of drug-likeness (QED) is 0.676. The number of hydrogen-bond donors (Lipinski definition) is 1. The van der Waals surface area contributed by atoms with Crippen molar-refractivity contribution in [3.63, 3.8) is 0 Å². The third-order valence-corrected chi connectivity index (χ3v) is 6.24. The van der Waals surface area contributed by atoms with Crippen LogP contribution in [0, 0.1) is 5.41 Å². The number of rotatable bonds is 8. The fourth-order valence-corrected chi connectivity index (χ4v) is 4.71. The van der Waals surface area contributed by atoms with Gasteiger partial charge in [0, 0.05) is 25.3 Å². The van der Waals surface area contributed by atoms with Crippen LogP contribution in [0.3, 0.4) is 0 Å². The second-order valence-corrected chi connectivity index (χ2v) is 7.93. The maximum Gasteiger partial charge on any atom is 0.137 e. The monoisotopic (exact) mass is 357 g/mol. The van der Waals surface area contributed by atoms with Crippen LogP contribution in [0.4, 0.5) is 0 Å². The molecule has 0 amide bonds. The zero-order chi connectivity index (χ0) is 18.9. The molecular weight excluding hydrogens is 330 g/mol. The van der Waals surface area contributed by atoms with Crippen molar-refractivity contribution in [2.24, 2.45) is 5.41 Å². The van der Waals surface area contributed by atoms with Crippen LogP contribution in [-0.4, -0.2) is 12.8 Å². The van der Waals surface area contributed by atoms with E-state index in [1.54, 1.807) is 0 Å². The van der Waals surface area contributed by atoms with Gasteiger partial charge < -0.3 is 5.32 Å². The first kappa shape index (κ1) is 17.8. The summed E-state index contributed by atoms with van der Waals surface area (Å²) >= 11 is 0. The van der Waals surface area contributed by atoms with Crippen molar-refractivity contribution >= 4 is 5.78 Å². The second-order valence-electron chi connectivity index (χ2n) is 7.93. The molecule has 4 rings (SSSR count). The molecule has 0 aromatic heterocycles. The summed E-state index contributed by atoms with van der Waals surface area (Å²) in [6.07, 6.45) is 6.17. The van der Waals surface area contributed by atoms with Crippen molar-refractivity contribution in [3.05, 3.63) is 95.2 Å². The number of nitrogens with one attached hydrogen (secondary N) is 1. The third-order valence-electron chi connectivity index (χ3n) is 6.24. The molecule has 0 bridgehead atoms. The van der Waals surface area contributed by atoms with Crippen molar-refractivity contribution < 1.29 is 4.79 Å². The highest BCUT2D eigenvalue weighted by atomic mass is 16.1. The molecule has 2 aromatic rings. The lowest BCUT2D eigenvalue weighted by Crippen LogP contribution is -2.12. The summed E-state index contributed by atoms with van der Waals surface area (Å²) in [6, 6.07) is 18.8. The van der Waals surface area contributed by atoms with Gasteiger partial charge in [0.2, 0.25) is 0 Å². The molecule has 2 aliphatic rings. The van der Waals surface area contributed by atoms with Gasteiger partial charge in [0.25, 0.3) is 0 Å². The number of carbonyl (C=O) groups is 1. The van der Waals surface area contributed by atoms with E-state index in [9.17, 15) is 4.79 Å². The van der Waals surface area contributed by atoms with Crippen LogP contribution in [0.2, 0.25) is 0 Å². The Bertz CT molecular complexity index is 896. The van der Waals surface area contributed by atoms with Gasteiger partial charge in [-0.1, -0.05) is 61.2 Å². The molecule has 2 aromatic carbocycles. The van der Waals surface area contributed by atoms with Gasteiger partial charge in [-0.15, -0.1) is 0 Å². The summed E-state index contributed by atoms with van der Waals surface area (Å²) in [6.45, 7) is 4.49. The Hall–Kier alpha value is -2.61. The van der Waals surface area contributed by atoms with E-state index in [4.69, 9.17) is 0 Å². The van der Waals surface area contributed by atoms with Crippen molar-refractivity contribution in [3.8, 4) is 0 Å². The molecule has 0 spiro atoms. The van der Waals surface area contributed by atoms with Crippen molar-refractivity contribution in [2.45, 2.75) is 38.0 Å². The predicted molar refractivity (Wildman–Crippen MR) is 111 cm³/mol.